The monoisotopic (exact) mass is 270 g/mol. The van der Waals surface area contributed by atoms with E-state index in [4.69, 9.17) is 10.7 Å². The Labute approximate surface area is 104 Å². The summed E-state index contributed by atoms with van der Waals surface area (Å²) < 4.78 is 24.2. The highest BCUT2D eigenvalue weighted by Gasteiger charge is 2.14. The molecule has 0 aliphatic rings. The summed E-state index contributed by atoms with van der Waals surface area (Å²) in [5.41, 5.74) is 2.48. The molecule has 0 bridgehead atoms. The molecule has 0 fully saturated rings. The van der Waals surface area contributed by atoms with Crippen LogP contribution in [0, 0.1) is 6.92 Å². The zero-order valence-corrected chi connectivity index (χ0v) is 11.0. The Kier molecular flexibility index (Phi) is 2.97. The van der Waals surface area contributed by atoms with Gasteiger partial charge in [-0.1, -0.05) is 6.07 Å². The average Bonchev–Trinajstić information content (AvgIpc) is 2.62. The zero-order chi connectivity index (χ0) is 12.6. The number of halogens is 1. The Bertz CT molecular complexity index is 662. The zero-order valence-electron chi connectivity index (χ0n) is 9.38. The summed E-state index contributed by atoms with van der Waals surface area (Å²) in [6, 6.07) is 5.02. The van der Waals surface area contributed by atoms with Crippen molar-refractivity contribution in [3.63, 3.8) is 0 Å². The molecule has 0 N–H and O–H groups in total. The van der Waals surface area contributed by atoms with Gasteiger partial charge in [0.2, 0.25) is 0 Å². The SMILES string of the molecule is Cc1cc(-c2cnn(C)c2)ccc1S(=O)(=O)Cl. The molecule has 0 spiro atoms. The van der Waals surface area contributed by atoms with Crippen LogP contribution in [-0.2, 0) is 16.1 Å². The first-order valence-electron chi connectivity index (χ1n) is 4.92. The van der Waals surface area contributed by atoms with Crippen LogP contribution in [0.4, 0.5) is 0 Å². The van der Waals surface area contributed by atoms with E-state index in [-0.39, 0.29) is 4.90 Å². The smallest absolute Gasteiger partial charge is 0.261 e. The third-order valence-electron chi connectivity index (χ3n) is 2.48. The second kappa shape index (κ2) is 4.16. The van der Waals surface area contributed by atoms with Gasteiger partial charge >= 0.3 is 0 Å². The molecule has 0 aliphatic carbocycles. The van der Waals surface area contributed by atoms with E-state index in [0.29, 0.717) is 5.56 Å². The second-order valence-electron chi connectivity index (χ2n) is 3.82. The van der Waals surface area contributed by atoms with Gasteiger partial charge in [0.1, 0.15) is 0 Å². The molecule has 0 aliphatic heterocycles. The molecule has 1 aromatic carbocycles. The number of benzene rings is 1. The molecule has 6 heteroatoms. The lowest BCUT2D eigenvalue weighted by Crippen LogP contribution is -1.94. The molecule has 1 heterocycles. The van der Waals surface area contributed by atoms with Gasteiger partial charge in [-0.25, -0.2) is 8.42 Å². The molecule has 0 saturated carbocycles. The Morgan fingerprint density at radius 3 is 2.47 bits per heavy atom. The Morgan fingerprint density at radius 2 is 2.00 bits per heavy atom. The summed E-state index contributed by atoms with van der Waals surface area (Å²) in [6.45, 7) is 1.72. The van der Waals surface area contributed by atoms with Crippen LogP contribution in [0.25, 0.3) is 11.1 Å². The fourth-order valence-electron chi connectivity index (χ4n) is 1.67. The van der Waals surface area contributed by atoms with E-state index in [1.807, 2.05) is 13.2 Å². The van der Waals surface area contributed by atoms with E-state index in [1.54, 1.807) is 29.9 Å². The molecule has 90 valence electrons. The fourth-order valence-corrected chi connectivity index (χ4v) is 2.87. The van der Waals surface area contributed by atoms with E-state index in [1.165, 1.54) is 6.07 Å². The number of rotatable bonds is 2. The van der Waals surface area contributed by atoms with Gasteiger partial charge in [-0.2, -0.15) is 5.10 Å². The first-order valence-corrected chi connectivity index (χ1v) is 7.23. The molecule has 17 heavy (non-hydrogen) atoms. The van der Waals surface area contributed by atoms with Crippen molar-refractivity contribution in [2.75, 3.05) is 0 Å². The molecule has 0 amide bonds. The largest absolute Gasteiger partial charge is 0.275 e. The topological polar surface area (TPSA) is 52.0 Å². The van der Waals surface area contributed by atoms with E-state index >= 15 is 0 Å². The maximum Gasteiger partial charge on any atom is 0.261 e. The lowest BCUT2D eigenvalue weighted by molar-refractivity contribution is 0.609. The summed E-state index contributed by atoms with van der Waals surface area (Å²) in [6.07, 6.45) is 3.59. The van der Waals surface area contributed by atoms with Crippen LogP contribution in [0.3, 0.4) is 0 Å². The van der Waals surface area contributed by atoms with Gasteiger partial charge in [0.05, 0.1) is 11.1 Å². The summed E-state index contributed by atoms with van der Waals surface area (Å²) in [7, 11) is 3.47. The van der Waals surface area contributed by atoms with Crippen molar-refractivity contribution >= 4 is 19.7 Å². The number of nitrogens with zero attached hydrogens (tertiary/aromatic N) is 2. The molecule has 0 radical (unpaired) electrons. The molecule has 4 nitrogen and oxygen atoms in total. The van der Waals surface area contributed by atoms with Crippen molar-refractivity contribution in [3.8, 4) is 11.1 Å². The Balaban J connectivity index is 2.52. The van der Waals surface area contributed by atoms with Gasteiger partial charge in [0, 0.05) is 29.5 Å². The number of aromatic nitrogens is 2. The normalized spacial score (nSPS) is 11.7. The predicted octanol–water partition coefficient (Wildman–Crippen LogP) is 2.32. The van der Waals surface area contributed by atoms with Gasteiger partial charge in [-0.15, -0.1) is 0 Å². The number of hydrogen-bond acceptors (Lipinski definition) is 3. The predicted molar refractivity (Wildman–Crippen MR) is 66.4 cm³/mol. The van der Waals surface area contributed by atoms with Gasteiger partial charge in [-0.05, 0) is 30.2 Å². The van der Waals surface area contributed by atoms with Crippen molar-refractivity contribution in [2.24, 2.45) is 7.05 Å². The lowest BCUT2D eigenvalue weighted by atomic mass is 10.1. The minimum atomic E-state index is -3.68. The first-order chi connectivity index (χ1) is 7.88. The molecule has 0 saturated heterocycles. The summed E-state index contributed by atoms with van der Waals surface area (Å²) in [4.78, 5) is 0.145. The van der Waals surface area contributed by atoms with Crippen LogP contribution in [0.5, 0.6) is 0 Å². The lowest BCUT2D eigenvalue weighted by Gasteiger charge is -2.04. The standard InChI is InChI=1S/C11H11ClN2O2S/c1-8-5-9(10-6-13-14(2)7-10)3-4-11(8)17(12,15)16/h3-7H,1-2H3. The highest BCUT2D eigenvalue weighted by molar-refractivity contribution is 8.13. The summed E-state index contributed by atoms with van der Waals surface area (Å²) in [5, 5.41) is 4.07. The Hall–Kier alpha value is -1.33. The summed E-state index contributed by atoms with van der Waals surface area (Å²) in [5.74, 6) is 0. The average molecular weight is 271 g/mol. The molecular formula is C11H11ClN2O2S. The van der Waals surface area contributed by atoms with Crippen molar-refractivity contribution in [2.45, 2.75) is 11.8 Å². The van der Waals surface area contributed by atoms with Gasteiger partial charge in [-0.3, -0.25) is 4.68 Å². The van der Waals surface area contributed by atoms with Crippen molar-refractivity contribution in [1.82, 2.24) is 9.78 Å². The van der Waals surface area contributed by atoms with Crippen LogP contribution in [0.1, 0.15) is 5.56 Å². The van der Waals surface area contributed by atoms with E-state index in [2.05, 4.69) is 5.10 Å². The first kappa shape index (κ1) is 12.1. The maximum absolute atomic E-state index is 11.3. The molecular weight excluding hydrogens is 260 g/mol. The molecule has 2 aromatic rings. The van der Waals surface area contributed by atoms with Gasteiger partial charge in [0.15, 0.2) is 0 Å². The molecule has 0 unspecified atom stereocenters. The quantitative estimate of drug-likeness (QED) is 0.787. The second-order valence-corrected chi connectivity index (χ2v) is 6.36. The van der Waals surface area contributed by atoms with E-state index in [0.717, 1.165) is 11.1 Å². The van der Waals surface area contributed by atoms with Crippen molar-refractivity contribution in [3.05, 3.63) is 36.2 Å². The minimum absolute atomic E-state index is 0.145. The van der Waals surface area contributed by atoms with Gasteiger partial charge in [0.25, 0.3) is 9.05 Å². The number of aryl methyl sites for hydroxylation is 2. The van der Waals surface area contributed by atoms with Crippen molar-refractivity contribution < 1.29 is 8.42 Å². The molecule has 2 rings (SSSR count). The summed E-state index contributed by atoms with van der Waals surface area (Å²) >= 11 is 0. The maximum atomic E-state index is 11.3. The highest BCUT2D eigenvalue weighted by atomic mass is 35.7. The van der Waals surface area contributed by atoms with Gasteiger partial charge < -0.3 is 0 Å². The molecule has 1 aromatic heterocycles. The van der Waals surface area contributed by atoms with Crippen molar-refractivity contribution in [1.29, 1.82) is 0 Å². The molecule has 0 atom stereocenters. The van der Waals surface area contributed by atoms with E-state index in [9.17, 15) is 8.42 Å². The Morgan fingerprint density at radius 1 is 1.29 bits per heavy atom. The highest BCUT2D eigenvalue weighted by Crippen LogP contribution is 2.25. The number of hydrogen-bond donors (Lipinski definition) is 0. The van der Waals surface area contributed by atoms with Crippen LogP contribution in [-0.4, -0.2) is 18.2 Å². The van der Waals surface area contributed by atoms with E-state index < -0.39 is 9.05 Å². The van der Waals surface area contributed by atoms with Crippen LogP contribution in [0.15, 0.2) is 35.5 Å². The minimum Gasteiger partial charge on any atom is -0.275 e. The fraction of sp³-hybridized carbons (Fsp3) is 0.182. The third kappa shape index (κ3) is 2.50. The third-order valence-corrected chi connectivity index (χ3v) is 3.96. The van der Waals surface area contributed by atoms with Crippen LogP contribution >= 0.6 is 10.7 Å². The van der Waals surface area contributed by atoms with Crippen LogP contribution < -0.4 is 0 Å². The van der Waals surface area contributed by atoms with Crippen LogP contribution in [0.2, 0.25) is 0 Å².